The van der Waals surface area contributed by atoms with Gasteiger partial charge in [-0.3, -0.25) is 10.2 Å². The fourth-order valence-corrected chi connectivity index (χ4v) is 4.76. The second-order valence-electron chi connectivity index (χ2n) is 10.1. The molecular formula is C23H33Cl3N4O6Si. The molecule has 0 amide bonds. The molecule has 1 heterocycles. The van der Waals surface area contributed by atoms with Gasteiger partial charge in [0.1, 0.15) is 31.0 Å². The van der Waals surface area contributed by atoms with Crippen LogP contribution in [0.2, 0.25) is 18.1 Å². The number of halogens is 3. The monoisotopic (exact) mass is 594 g/mol. The Morgan fingerprint density at radius 3 is 2.32 bits per heavy atom. The SMILES string of the molecule is CC(=O)OC[C@H]1O[C@@H](OC(=N)C(Cl)(Cl)Cl)[C@H](N=[N+]=[N-])[C@@H](OCc2ccccc2)[C@@H]1O[Si](C)(C)C(C)(C)C. The summed E-state index contributed by atoms with van der Waals surface area (Å²) in [5, 5.41) is 11.7. The molecule has 1 aliphatic rings. The number of esters is 1. The predicted octanol–water partition coefficient (Wildman–Crippen LogP) is 6.29. The molecule has 1 fully saturated rings. The summed E-state index contributed by atoms with van der Waals surface area (Å²) in [5.74, 6) is -1.27. The van der Waals surface area contributed by atoms with Crippen LogP contribution < -0.4 is 0 Å². The highest BCUT2D eigenvalue weighted by molar-refractivity contribution is 6.76. The summed E-state index contributed by atoms with van der Waals surface area (Å²) < 4.78 is 27.7. The van der Waals surface area contributed by atoms with Crippen LogP contribution in [-0.4, -0.2) is 61.2 Å². The Morgan fingerprint density at radius 2 is 1.81 bits per heavy atom. The maximum atomic E-state index is 11.7. The van der Waals surface area contributed by atoms with Crippen molar-refractivity contribution in [2.75, 3.05) is 6.61 Å². The van der Waals surface area contributed by atoms with E-state index in [9.17, 15) is 10.3 Å². The molecule has 0 aromatic heterocycles. The minimum absolute atomic E-state index is 0.148. The zero-order valence-electron chi connectivity index (χ0n) is 21.6. The molecule has 10 nitrogen and oxygen atoms in total. The first-order valence-corrected chi connectivity index (χ1v) is 15.6. The van der Waals surface area contributed by atoms with Crippen LogP contribution in [0.1, 0.15) is 33.3 Å². The lowest BCUT2D eigenvalue weighted by atomic mass is 9.97. The topological polar surface area (TPSA) is 136 Å². The second-order valence-corrected chi connectivity index (χ2v) is 17.1. The number of nitrogens with one attached hydrogen (secondary N) is 1. The first-order chi connectivity index (χ1) is 17.1. The van der Waals surface area contributed by atoms with Gasteiger partial charge in [0, 0.05) is 11.8 Å². The summed E-state index contributed by atoms with van der Waals surface area (Å²) in [6.07, 6.45) is -4.04. The number of rotatable bonds is 9. The molecular weight excluding hydrogens is 563 g/mol. The van der Waals surface area contributed by atoms with Crippen molar-refractivity contribution in [2.45, 2.75) is 86.9 Å². The van der Waals surface area contributed by atoms with E-state index in [4.69, 9.17) is 63.6 Å². The minimum atomic E-state index is -2.46. The Labute approximate surface area is 233 Å². The molecule has 1 aliphatic heterocycles. The van der Waals surface area contributed by atoms with Crippen molar-refractivity contribution in [3.05, 3.63) is 46.3 Å². The van der Waals surface area contributed by atoms with Crippen molar-refractivity contribution in [1.29, 1.82) is 5.41 Å². The molecule has 1 aromatic rings. The van der Waals surface area contributed by atoms with Crippen molar-refractivity contribution in [3.8, 4) is 0 Å². The van der Waals surface area contributed by atoms with E-state index in [1.807, 2.05) is 43.4 Å². The number of alkyl halides is 3. The molecule has 0 radical (unpaired) electrons. The Bertz CT molecular complexity index is 983. The lowest BCUT2D eigenvalue weighted by molar-refractivity contribution is -0.252. The van der Waals surface area contributed by atoms with Crippen LogP contribution in [0.3, 0.4) is 0 Å². The van der Waals surface area contributed by atoms with Gasteiger partial charge in [-0.15, -0.1) is 0 Å². The first kappa shape index (κ1) is 31.7. The van der Waals surface area contributed by atoms with Gasteiger partial charge >= 0.3 is 5.97 Å². The summed E-state index contributed by atoms with van der Waals surface area (Å²) in [6, 6.07) is 8.25. The second kappa shape index (κ2) is 13.0. The molecule has 5 atom stereocenters. The molecule has 37 heavy (non-hydrogen) atoms. The van der Waals surface area contributed by atoms with Crippen molar-refractivity contribution < 1.29 is 28.2 Å². The van der Waals surface area contributed by atoms with Crippen LogP contribution in [0.25, 0.3) is 10.4 Å². The number of nitrogens with zero attached hydrogens (tertiary/aromatic N) is 3. The van der Waals surface area contributed by atoms with Crippen LogP contribution in [0.5, 0.6) is 0 Å². The Balaban J connectivity index is 2.54. The lowest BCUT2D eigenvalue weighted by Gasteiger charge is -2.49. The van der Waals surface area contributed by atoms with Crippen LogP contribution in [0, 0.1) is 5.41 Å². The van der Waals surface area contributed by atoms with Crippen LogP contribution in [-0.2, 0) is 34.8 Å². The molecule has 0 unspecified atom stereocenters. The molecule has 0 saturated carbocycles. The highest BCUT2D eigenvalue weighted by Crippen LogP contribution is 2.41. The van der Waals surface area contributed by atoms with Crippen molar-refractivity contribution in [3.63, 3.8) is 0 Å². The number of hydrogen-bond acceptors (Lipinski definition) is 8. The van der Waals surface area contributed by atoms with Gasteiger partial charge < -0.3 is 23.4 Å². The van der Waals surface area contributed by atoms with Gasteiger partial charge in [0.15, 0.2) is 8.32 Å². The van der Waals surface area contributed by atoms with Crippen LogP contribution in [0.15, 0.2) is 35.4 Å². The van der Waals surface area contributed by atoms with Gasteiger partial charge in [-0.1, -0.05) is 91.0 Å². The quantitative estimate of drug-likeness (QED) is 0.0520. The van der Waals surface area contributed by atoms with E-state index in [2.05, 4.69) is 30.8 Å². The first-order valence-electron chi connectivity index (χ1n) is 11.6. The van der Waals surface area contributed by atoms with Crippen molar-refractivity contribution in [1.82, 2.24) is 0 Å². The number of ether oxygens (including phenoxy) is 4. The molecule has 0 spiro atoms. The molecule has 14 heteroatoms. The van der Waals surface area contributed by atoms with Gasteiger partial charge in [-0.05, 0) is 29.2 Å². The standard InChI is InChI=1S/C23H33Cl3N4O6Si/c1-14(31)32-13-16-18(36-37(5,6)22(2,3)4)19(33-12-15-10-8-7-9-11-15)17(29-30-28)20(34-16)35-21(27)23(24,25)26/h7-11,16-20,27H,12-13H2,1-6H3/t16-,17-,18-,19-,20+/m1/s1. The van der Waals surface area contributed by atoms with E-state index in [1.54, 1.807) is 0 Å². The van der Waals surface area contributed by atoms with Gasteiger partial charge in [-0.2, -0.15) is 0 Å². The largest absolute Gasteiger partial charge is 0.463 e. The molecule has 206 valence electrons. The lowest BCUT2D eigenvalue weighted by Crippen LogP contribution is -2.63. The van der Waals surface area contributed by atoms with Gasteiger partial charge in [0.2, 0.25) is 12.2 Å². The number of carbonyl (C=O) groups is 1. The number of azide groups is 1. The van der Waals surface area contributed by atoms with E-state index in [0.29, 0.717) is 0 Å². The summed E-state index contributed by atoms with van der Waals surface area (Å²) >= 11 is 17.4. The van der Waals surface area contributed by atoms with Gasteiger partial charge in [0.05, 0.1) is 6.61 Å². The summed E-state index contributed by atoms with van der Waals surface area (Å²) in [5.41, 5.74) is 10.2. The number of hydrogen-bond donors (Lipinski definition) is 1. The molecule has 1 aromatic carbocycles. The molecule has 0 aliphatic carbocycles. The zero-order valence-corrected chi connectivity index (χ0v) is 24.9. The highest BCUT2D eigenvalue weighted by atomic mass is 35.6. The number of benzene rings is 1. The normalized spacial score (nSPS) is 24.6. The molecule has 0 bridgehead atoms. The smallest absolute Gasteiger partial charge is 0.302 e. The van der Waals surface area contributed by atoms with Gasteiger partial charge in [-0.25, -0.2) is 0 Å². The van der Waals surface area contributed by atoms with Crippen LogP contribution >= 0.6 is 34.8 Å². The van der Waals surface area contributed by atoms with Crippen molar-refractivity contribution in [2.24, 2.45) is 5.11 Å². The Morgan fingerprint density at radius 1 is 1.19 bits per heavy atom. The molecule has 1 saturated heterocycles. The maximum absolute atomic E-state index is 11.7. The fourth-order valence-electron chi connectivity index (χ4n) is 3.30. The zero-order chi connectivity index (χ0) is 28.0. The highest BCUT2D eigenvalue weighted by Gasteiger charge is 2.53. The van der Waals surface area contributed by atoms with Crippen molar-refractivity contribution >= 4 is 55.0 Å². The average Bonchev–Trinajstić information content (AvgIpc) is 2.78. The Hall–Kier alpha value is -1.56. The van der Waals surface area contributed by atoms with Crippen LogP contribution in [0.4, 0.5) is 0 Å². The fraction of sp³-hybridized carbons (Fsp3) is 0.652. The minimum Gasteiger partial charge on any atom is -0.463 e. The van der Waals surface area contributed by atoms with Gasteiger partial charge in [0.25, 0.3) is 3.79 Å². The third-order valence-corrected chi connectivity index (χ3v) is 11.3. The third kappa shape index (κ3) is 9.00. The van der Waals surface area contributed by atoms with E-state index in [-0.39, 0.29) is 18.3 Å². The maximum Gasteiger partial charge on any atom is 0.302 e. The predicted molar refractivity (Wildman–Crippen MR) is 144 cm³/mol. The summed E-state index contributed by atoms with van der Waals surface area (Å²) in [4.78, 5) is 14.6. The average molecular weight is 596 g/mol. The van der Waals surface area contributed by atoms with E-state index in [0.717, 1.165) is 5.56 Å². The molecule has 2 rings (SSSR count). The Kier molecular flexibility index (Phi) is 11.1. The van der Waals surface area contributed by atoms with E-state index in [1.165, 1.54) is 6.92 Å². The number of carbonyl (C=O) groups excluding carboxylic acids is 1. The third-order valence-electron chi connectivity index (χ3n) is 6.26. The summed E-state index contributed by atoms with van der Waals surface area (Å²) in [6.45, 7) is 11.5. The van der Waals surface area contributed by atoms with E-state index < -0.39 is 54.6 Å². The summed E-state index contributed by atoms with van der Waals surface area (Å²) in [7, 11) is -2.46. The molecule has 1 N–H and O–H groups in total. The van der Waals surface area contributed by atoms with E-state index >= 15 is 0 Å².